The van der Waals surface area contributed by atoms with Crippen molar-refractivity contribution in [2.75, 3.05) is 31.8 Å². The Labute approximate surface area is 174 Å². The van der Waals surface area contributed by atoms with Crippen LogP contribution in [0.15, 0.2) is 23.6 Å². The second kappa shape index (κ2) is 8.69. The number of nitrogens with zero attached hydrogens (tertiary/aromatic N) is 4. The van der Waals surface area contributed by atoms with Crippen molar-refractivity contribution >= 4 is 27.4 Å². The van der Waals surface area contributed by atoms with E-state index in [9.17, 15) is 13.2 Å². The first-order chi connectivity index (χ1) is 14.2. The lowest BCUT2D eigenvalue weighted by molar-refractivity contribution is 0.0852. The zero-order chi connectivity index (χ0) is 21.9. The van der Waals surface area contributed by atoms with Crippen molar-refractivity contribution in [2.24, 2.45) is 0 Å². The van der Waals surface area contributed by atoms with Crippen molar-refractivity contribution < 1.29 is 27.8 Å². The number of aryl methyl sites for hydroxylation is 1. The number of hydrogen-bond donors (Lipinski definition) is 2. The molecule has 0 atom stereocenters. The molecule has 11 nitrogen and oxygen atoms in total. The summed E-state index contributed by atoms with van der Waals surface area (Å²) >= 11 is 0. The largest absolute Gasteiger partial charge is 0.489 e. The van der Waals surface area contributed by atoms with Gasteiger partial charge in [-0.1, -0.05) is 0 Å². The lowest BCUT2D eigenvalue weighted by Crippen LogP contribution is -2.41. The molecule has 0 unspecified atom stereocenters. The summed E-state index contributed by atoms with van der Waals surface area (Å²) in [6, 6.07) is 1.47. The predicted octanol–water partition coefficient (Wildman–Crippen LogP) is 1.86. The number of carboxylic acid groups (broad SMARTS) is 1. The van der Waals surface area contributed by atoms with Gasteiger partial charge in [-0.2, -0.15) is 4.98 Å². The zero-order valence-electron chi connectivity index (χ0n) is 16.8. The number of carbonyl (C=O) groups is 1. The summed E-state index contributed by atoms with van der Waals surface area (Å²) < 4.78 is 34.7. The number of likely N-dealkylation sites (tertiary alicyclic amines) is 1. The van der Waals surface area contributed by atoms with Crippen LogP contribution in [0.2, 0.25) is 0 Å². The molecule has 0 aliphatic carbocycles. The summed E-state index contributed by atoms with van der Waals surface area (Å²) in [4.78, 5) is 24.7. The Morgan fingerprint density at radius 3 is 2.53 bits per heavy atom. The molecule has 0 saturated carbocycles. The third-order valence-electron chi connectivity index (χ3n) is 4.68. The molecule has 2 aromatic rings. The quantitative estimate of drug-likeness (QED) is 0.687. The molecular weight excluding hydrogens is 414 g/mol. The molecule has 2 aromatic heterocycles. The second-order valence-electron chi connectivity index (χ2n) is 6.88. The first kappa shape index (κ1) is 21.6. The van der Waals surface area contributed by atoms with Crippen LogP contribution in [0.25, 0.3) is 0 Å². The van der Waals surface area contributed by atoms with E-state index in [0.29, 0.717) is 43.0 Å². The molecule has 0 aromatic carbocycles. The number of rotatable bonds is 6. The van der Waals surface area contributed by atoms with Crippen LogP contribution in [0.5, 0.6) is 11.6 Å². The highest BCUT2D eigenvalue weighted by atomic mass is 32.2. The lowest BCUT2D eigenvalue weighted by atomic mass is 10.1. The number of hydrogen-bond acceptors (Lipinski definition) is 9. The maximum Gasteiger partial charge on any atom is 0.407 e. The van der Waals surface area contributed by atoms with Crippen molar-refractivity contribution in [3.63, 3.8) is 0 Å². The molecule has 0 radical (unpaired) electrons. The standard InChI is InChI=1S/C18H23N5O6S/c1-11-8-14(30(3,26)27)19-9-13(11)22-16-15(28-2)17(21-10-20-16)29-12-4-6-23(7-5-12)18(24)25/h8-10,12H,4-7H2,1-3H3,(H,24,25)(H,20,21,22). The number of piperidine rings is 1. The van der Waals surface area contributed by atoms with E-state index in [1.165, 1.54) is 30.6 Å². The van der Waals surface area contributed by atoms with Gasteiger partial charge in [-0.25, -0.2) is 23.2 Å². The normalized spacial score (nSPS) is 15.0. The number of amides is 1. The van der Waals surface area contributed by atoms with E-state index < -0.39 is 15.9 Å². The minimum absolute atomic E-state index is 0.0167. The fourth-order valence-electron chi connectivity index (χ4n) is 3.03. The zero-order valence-corrected chi connectivity index (χ0v) is 17.6. The Bertz CT molecular complexity index is 1040. The van der Waals surface area contributed by atoms with Crippen LogP contribution in [-0.2, 0) is 9.84 Å². The number of sulfone groups is 1. The predicted molar refractivity (Wildman–Crippen MR) is 107 cm³/mol. The van der Waals surface area contributed by atoms with Crippen molar-refractivity contribution in [2.45, 2.75) is 30.9 Å². The molecule has 162 valence electrons. The minimum atomic E-state index is -3.41. The van der Waals surface area contributed by atoms with Crippen LogP contribution in [0.3, 0.4) is 0 Å². The Balaban J connectivity index is 1.78. The van der Waals surface area contributed by atoms with Crippen molar-refractivity contribution in [1.29, 1.82) is 0 Å². The first-order valence-corrected chi connectivity index (χ1v) is 11.1. The third-order valence-corrected chi connectivity index (χ3v) is 5.67. The number of aromatic nitrogens is 3. The van der Waals surface area contributed by atoms with Crippen molar-refractivity contribution in [3.05, 3.63) is 24.2 Å². The molecule has 2 N–H and O–H groups in total. The molecule has 1 aliphatic rings. The SMILES string of the molecule is COc1c(Nc2cnc(S(C)(=O)=O)cc2C)ncnc1OC1CCN(C(=O)O)CC1. The van der Waals surface area contributed by atoms with Crippen LogP contribution in [0.1, 0.15) is 18.4 Å². The van der Waals surface area contributed by atoms with Gasteiger partial charge in [-0.3, -0.25) is 0 Å². The van der Waals surface area contributed by atoms with E-state index in [-0.39, 0.29) is 22.8 Å². The summed E-state index contributed by atoms with van der Waals surface area (Å²) in [5, 5.41) is 12.1. The fourth-order valence-corrected chi connectivity index (χ4v) is 3.66. The van der Waals surface area contributed by atoms with Gasteiger partial charge in [0.2, 0.25) is 5.75 Å². The smallest absolute Gasteiger partial charge is 0.407 e. The van der Waals surface area contributed by atoms with Crippen molar-refractivity contribution in [3.8, 4) is 11.6 Å². The van der Waals surface area contributed by atoms with E-state index in [2.05, 4.69) is 20.3 Å². The summed E-state index contributed by atoms with van der Waals surface area (Å²) in [5.41, 5.74) is 1.22. The number of ether oxygens (including phenoxy) is 2. The number of anilines is 2. The van der Waals surface area contributed by atoms with E-state index in [4.69, 9.17) is 14.6 Å². The third kappa shape index (κ3) is 4.87. The Hall–Kier alpha value is -3.15. The average Bonchev–Trinajstić information content (AvgIpc) is 2.69. The van der Waals surface area contributed by atoms with E-state index in [0.717, 1.165) is 6.26 Å². The fraction of sp³-hybridized carbons (Fsp3) is 0.444. The molecule has 1 amide bonds. The van der Waals surface area contributed by atoms with Gasteiger partial charge in [0.1, 0.15) is 12.4 Å². The first-order valence-electron chi connectivity index (χ1n) is 9.16. The summed E-state index contributed by atoms with van der Waals surface area (Å²) in [5.74, 6) is 0.856. The molecule has 3 rings (SSSR count). The molecule has 1 fully saturated rings. The van der Waals surface area contributed by atoms with Gasteiger partial charge in [-0.05, 0) is 18.6 Å². The number of nitrogens with one attached hydrogen (secondary N) is 1. The highest BCUT2D eigenvalue weighted by Gasteiger charge is 2.26. The molecule has 30 heavy (non-hydrogen) atoms. The molecule has 0 bridgehead atoms. The monoisotopic (exact) mass is 437 g/mol. The molecule has 12 heteroatoms. The summed E-state index contributed by atoms with van der Waals surface area (Å²) in [7, 11) is -1.95. The van der Waals surface area contributed by atoms with Crippen LogP contribution < -0.4 is 14.8 Å². The van der Waals surface area contributed by atoms with Crippen LogP contribution >= 0.6 is 0 Å². The van der Waals surface area contributed by atoms with Gasteiger partial charge in [0.05, 0.1) is 19.0 Å². The Morgan fingerprint density at radius 1 is 1.27 bits per heavy atom. The lowest BCUT2D eigenvalue weighted by Gasteiger charge is -2.30. The number of methoxy groups -OCH3 is 1. The van der Waals surface area contributed by atoms with E-state index >= 15 is 0 Å². The molecule has 3 heterocycles. The van der Waals surface area contributed by atoms with Crippen LogP contribution in [0.4, 0.5) is 16.3 Å². The van der Waals surface area contributed by atoms with Gasteiger partial charge in [-0.15, -0.1) is 0 Å². The maximum absolute atomic E-state index is 11.7. The second-order valence-corrected chi connectivity index (χ2v) is 8.84. The van der Waals surface area contributed by atoms with Gasteiger partial charge >= 0.3 is 6.09 Å². The molecule has 1 aliphatic heterocycles. The molecular formula is C18H23N5O6S. The highest BCUT2D eigenvalue weighted by molar-refractivity contribution is 7.90. The Kier molecular flexibility index (Phi) is 6.25. The van der Waals surface area contributed by atoms with Gasteiger partial charge in [0, 0.05) is 32.2 Å². The Morgan fingerprint density at radius 2 is 1.97 bits per heavy atom. The van der Waals surface area contributed by atoms with Crippen LogP contribution in [-0.4, -0.2) is 72.0 Å². The molecule has 0 spiro atoms. The van der Waals surface area contributed by atoms with E-state index in [1.807, 2.05) is 0 Å². The summed E-state index contributed by atoms with van der Waals surface area (Å²) in [6.45, 7) is 2.52. The van der Waals surface area contributed by atoms with Gasteiger partial charge in [0.25, 0.3) is 5.88 Å². The topological polar surface area (TPSA) is 144 Å². The number of pyridine rings is 1. The molecule has 1 saturated heterocycles. The van der Waals surface area contributed by atoms with E-state index in [1.54, 1.807) is 6.92 Å². The highest BCUT2D eigenvalue weighted by Crippen LogP contribution is 2.35. The average molecular weight is 437 g/mol. The van der Waals surface area contributed by atoms with Gasteiger partial charge < -0.3 is 24.8 Å². The summed E-state index contributed by atoms with van der Waals surface area (Å²) in [6.07, 6.45) is 3.77. The van der Waals surface area contributed by atoms with Crippen LogP contribution in [0, 0.1) is 6.92 Å². The minimum Gasteiger partial charge on any atom is -0.489 e. The maximum atomic E-state index is 11.7. The van der Waals surface area contributed by atoms with Crippen molar-refractivity contribution in [1.82, 2.24) is 19.9 Å². The van der Waals surface area contributed by atoms with Gasteiger partial charge in [0.15, 0.2) is 20.7 Å².